The average Bonchev–Trinajstić information content (AvgIpc) is 2.15. The Kier molecular flexibility index (Phi) is 3.04. The zero-order valence-electron chi connectivity index (χ0n) is 10.5. The number of hydrogen-bond donors (Lipinski definition) is 0. The van der Waals surface area contributed by atoms with Gasteiger partial charge in [-0.1, -0.05) is 29.8 Å². The largest absolute Gasteiger partial charge is 0.345 e. The molecular weight excluding hydrogens is 200 g/mol. The Hall–Kier alpha value is -0.860. The predicted octanol–water partition coefficient (Wildman–Crippen LogP) is 3.60. The molecule has 1 aliphatic heterocycles. The molecule has 0 aromatic heterocycles. The highest BCUT2D eigenvalue weighted by atomic mass is 16.7. The van der Waals surface area contributed by atoms with Crippen LogP contribution >= 0.6 is 0 Å². The molecule has 1 aromatic rings. The van der Waals surface area contributed by atoms with Crippen molar-refractivity contribution in [3.63, 3.8) is 0 Å². The number of aryl methyl sites for hydroxylation is 1. The lowest BCUT2D eigenvalue weighted by molar-refractivity contribution is -0.273. The molecule has 0 N–H and O–H groups in total. The summed E-state index contributed by atoms with van der Waals surface area (Å²) in [5.41, 5.74) is 2.25. The molecule has 0 spiro atoms. The fraction of sp³-hybridized carbons (Fsp3) is 0.571. The van der Waals surface area contributed by atoms with Gasteiger partial charge >= 0.3 is 0 Å². The van der Waals surface area contributed by atoms with Crippen LogP contribution in [-0.4, -0.2) is 11.7 Å². The standard InChI is InChI=1S/C14H20O2/c1-10-5-7-12(8-6-10)13-15-11(2)9-14(3,4)16-13/h5-8,11,13H,9H2,1-4H3. The van der Waals surface area contributed by atoms with E-state index in [2.05, 4.69) is 52.0 Å². The molecule has 2 rings (SSSR count). The lowest BCUT2D eigenvalue weighted by Gasteiger charge is -2.39. The van der Waals surface area contributed by atoms with Crippen LogP contribution in [-0.2, 0) is 9.47 Å². The van der Waals surface area contributed by atoms with Crippen molar-refractivity contribution in [2.24, 2.45) is 0 Å². The molecule has 2 nitrogen and oxygen atoms in total. The predicted molar refractivity (Wildman–Crippen MR) is 64.2 cm³/mol. The minimum atomic E-state index is -0.223. The van der Waals surface area contributed by atoms with Crippen molar-refractivity contribution in [1.29, 1.82) is 0 Å². The number of rotatable bonds is 1. The number of hydrogen-bond acceptors (Lipinski definition) is 2. The molecule has 0 aliphatic carbocycles. The Morgan fingerprint density at radius 3 is 2.38 bits per heavy atom. The van der Waals surface area contributed by atoms with Crippen LogP contribution in [0.25, 0.3) is 0 Å². The summed E-state index contributed by atoms with van der Waals surface area (Å²) in [6.45, 7) is 8.42. The van der Waals surface area contributed by atoms with E-state index >= 15 is 0 Å². The van der Waals surface area contributed by atoms with Crippen molar-refractivity contribution in [2.75, 3.05) is 0 Å². The monoisotopic (exact) mass is 220 g/mol. The van der Waals surface area contributed by atoms with E-state index in [0.717, 1.165) is 12.0 Å². The van der Waals surface area contributed by atoms with Crippen LogP contribution in [0.4, 0.5) is 0 Å². The second-order valence-corrected chi connectivity index (χ2v) is 5.27. The van der Waals surface area contributed by atoms with Crippen LogP contribution in [0, 0.1) is 6.92 Å². The van der Waals surface area contributed by atoms with Crippen molar-refractivity contribution in [3.05, 3.63) is 35.4 Å². The zero-order chi connectivity index (χ0) is 11.8. The third kappa shape index (κ3) is 2.63. The first kappa shape index (κ1) is 11.6. The topological polar surface area (TPSA) is 18.5 Å². The van der Waals surface area contributed by atoms with E-state index in [1.54, 1.807) is 0 Å². The normalized spacial score (nSPS) is 29.0. The Labute approximate surface area is 97.6 Å². The highest BCUT2D eigenvalue weighted by molar-refractivity contribution is 5.22. The SMILES string of the molecule is Cc1ccc(C2OC(C)CC(C)(C)O2)cc1. The van der Waals surface area contributed by atoms with E-state index in [1.807, 2.05) is 0 Å². The van der Waals surface area contributed by atoms with Gasteiger partial charge in [0.15, 0.2) is 6.29 Å². The third-order valence-corrected chi connectivity index (χ3v) is 2.91. The summed E-state index contributed by atoms with van der Waals surface area (Å²) in [4.78, 5) is 0. The van der Waals surface area contributed by atoms with Crippen molar-refractivity contribution in [1.82, 2.24) is 0 Å². The first-order valence-corrected chi connectivity index (χ1v) is 5.86. The maximum absolute atomic E-state index is 5.95. The Morgan fingerprint density at radius 1 is 1.19 bits per heavy atom. The Morgan fingerprint density at radius 2 is 1.81 bits per heavy atom. The smallest absolute Gasteiger partial charge is 0.184 e. The van der Waals surface area contributed by atoms with Gasteiger partial charge in [0.2, 0.25) is 0 Å². The summed E-state index contributed by atoms with van der Waals surface area (Å²) < 4.78 is 11.8. The van der Waals surface area contributed by atoms with Gasteiger partial charge < -0.3 is 9.47 Å². The van der Waals surface area contributed by atoms with Crippen LogP contribution in [0.15, 0.2) is 24.3 Å². The first-order chi connectivity index (χ1) is 7.46. The molecule has 16 heavy (non-hydrogen) atoms. The van der Waals surface area contributed by atoms with Gasteiger partial charge in [-0.15, -0.1) is 0 Å². The number of ether oxygens (including phenoxy) is 2. The summed E-state index contributed by atoms with van der Waals surface area (Å²) in [5.74, 6) is 0. The summed E-state index contributed by atoms with van der Waals surface area (Å²) in [6.07, 6.45) is 0.962. The third-order valence-electron chi connectivity index (χ3n) is 2.91. The van der Waals surface area contributed by atoms with Gasteiger partial charge in [0.1, 0.15) is 0 Å². The van der Waals surface area contributed by atoms with E-state index in [9.17, 15) is 0 Å². The highest BCUT2D eigenvalue weighted by Gasteiger charge is 2.33. The van der Waals surface area contributed by atoms with Gasteiger partial charge in [-0.25, -0.2) is 0 Å². The molecule has 1 aromatic carbocycles. The molecule has 2 atom stereocenters. The van der Waals surface area contributed by atoms with Crippen LogP contribution in [0.3, 0.4) is 0 Å². The molecule has 1 fully saturated rings. The van der Waals surface area contributed by atoms with Crippen molar-refractivity contribution < 1.29 is 9.47 Å². The molecule has 0 bridgehead atoms. The molecule has 1 aliphatic rings. The molecule has 88 valence electrons. The van der Waals surface area contributed by atoms with E-state index in [-0.39, 0.29) is 18.0 Å². The molecule has 0 saturated carbocycles. The van der Waals surface area contributed by atoms with E-state index in [4.69, 9.17) is 9.47 Å². The summed E-state index contributed by atoms with van der Waals surface area (Å²) in [5, 5.41) is 0. The van der Waals surface area contributed by atoms with Crippen molar-refractivity contribution >= 4 is 0 Å². The molecule has 2 unspecified atom stereocenters. The fourth-order valence-corrected chi connectivity index (χ4v) is 2.19. The lowest BCUT2D eigenvalue weighted by atomic mass is 9.99. The van der Waals surface area contributed by atoms with Gasteiger partial charge in [-0.3, -0.25) is 0 Å². The molecule has 1 saturated heterocycles. The van der Waals surface area contributed by atoms with Gasteiger partial charge in [-0.2, -0.15) is 0 Å². The van der Waals surface area contributed by atoms with Gasteiger partial charge in [-0.05, 0) is 27.7 Å². The van der Waals surface area contributed by atoms with Crippen LogP contribution < -0.4 is 0 Å². The minimum absolute atomic E-state index is 0.104. The van der Waals surface area contributed by atoms with Gasteiger partial charge in [0.25, 0.3) is 0 Å². The summed E-state index contributed by atoms with van der Waals surface area (Å²) >= 11 is 0. The maximum Gasteiger partial charge on any atom is 0.184 e. The second-order valence-electron chi connectivity index (χ2n) is 5.27. The van der Waals surface area contributed by atoms with Crippen molar-refractivity contribution in [3.8, 4) is 0 Å². The molecule has 2 heteroatoms. The fourth-order valence-electron chi connectivity index (χ4n) is 2.19. The maximum atomic E-state index is 5.95. The van der Waals surface area contributed by atoms with E-state index < -0.39 is 0 Å². The van der Waals surface area contributed by atoms with Crippen LogP contribution in [0.2, 0.25) is 0 Å². The molecule has 0 amide bonds. The zero-order valence-corrected chi connectivity index (χ0v) is 10.5. The van der Waals surface area contributed by atoms with Crippen LogP contribution in [0.5, 0.6) is 0 Å². The Bertz CT molecular complexity index is 354. The molecule has 0 radical (unpaired) electrons. The summed E-state index contributed by atoms with van der Waals surface area (Å²) in [6, 6.07) is 8.34. The van der Waals surface area contributed by atoms with Crippen LogP contribution in [0.1, 0.15) is 44.6 Å². The number of benzene rings is 1. The second kappa shape index (κ2) is 4.19. The van der Waals surface area contributed by atoms with Crippen molar-refractivity contribution in [2.45, 2.75) is 52.1 Å². The quantitative estimate of drug-likeness (QED) is 0.720. The Balaban J connectivity index is 2.17. The molecular formula is C14H20O2. The highest BCUT2D eigenvalue weighted by Crippen LogP contribution is 2.35. The first-order valence-electron chi connectivity index (χ1n) is 5.86. The van der Waals surface area contributed by atoms with E-state index in [0.29, 0.717) is 0 Å². The van der Waals surface area contributed by atoms with Gasteiger partial charge in [0.05, 0.1) is 11.7 Å². The van der Waals surface area contributed by atoms with Gasteiger partial charge in [0, 0.05) is 12.0 Å². The van der Waals surface area contributed by atoms with E-state index in [1.165, 1.54) is 5.56 Å². The minimum Gasteiger partial charge on any atom is -0.345 e. The molecule has 1 heterocycles. The lowest BCUT2D eigenvalue weighted by Crippen LogP contribution is -2.38. The average molecular weight is 220 g/mol. The summed E-state index contributed by atoms with van der Waals surface area (Å²) in [7, 11) is 0.